The Morgan fingerprint density at radius 1 is 0.900 bits per heavy atom. The first-order valence-electron chi connectivity index (χ1n) is 7.15. The summed E-state index contributed by atoms with van der Waals surface area (Å²) < 4.78 is 5.84. The predicted molar refractivity (Wildman–Crippen MR) is 85.4 cm³/mol. The SMILES string of the molecule is Cc1ccc(C(C)Nc2ccccc2OC(C)C)cc1. The third kappa shape index (κ3) is 3.77. The van der Waals surface area contributed by atoms with Gasteiger partial charge in [-0.25, -0.2) is 0 Å². The summed E-state index contributed by atoms with van der Waals surface area (Å²) in [4.78, 5) is 0. The predicted octanol–water partition coefficient (Wildman–Crippen LogP) is 4.96. The van der Waals surface area contributed by atoms with Crippen molar-refractivity contribution in [2.24, 2.45) is 0 Å². The van der Waals surface area contributed by atoms with Gasteiger partial charge in [0.2, 0.25) is 0 Å². The number of benzene rings is 2. The standard InChI is InChI=1S/C18H23NO/c1-13(2)20-18-8-6-5-7-17(18)19-15(4)16-11-9-14(3)10-12-16/h5-13,15,19H,1-4H3. The van der Waals surface area contributed by atoms with Crippen LogP contribution in [-0.2, 0) is 0 Å². The van der Waals surface area contributed by atoms with Crippen molar-refractivity contribution >= 4 is 5.69 Å². The minimum absolute atomic E-state index is 0.174. The van der Waals surface area contributed by atoms with Crippen LogP contribution in [0.4, 0.5) is 5.69 Å². The minimum atomic E-state index is 0.174. The van der Waals surface area contributed by atoms with Crippen LogP contribution >= 0.6 is 0 Å². The van der Waals surface area contributed by atoms with Crippen LogP contribution in [-0.4, -0.2) is 6.10 Å². The lowest BCUT2D eigenvalue weighted by atomic mass is 10.1. The Balaban J connectivity index is 2.15. The quantitative estimate of drug-likeness (QED) is 0.828. The van der Waals surface area contributed by atoms with E-state index >= 15 is 0 Å². The fourth-order valence-corrected chi connectivity index (χ4v) is 2.11. The van der Waals surface area contributed by atoms with E-state index in [1.54, 1.807) is 0 Å². The molecule has 2 aromatic carbocycles. The van der Waals surface area contributed by atoms with Crippen LogP contribution in [0.3, 0.4) is 0 Å². The Morgan fingerprint density at radius 3 is 2.20 bits per heavy atom. The highest BCUT2D eigenvalue weighted by Gasteiger charge is 2.09. The number of aryl methyl sites for hydroxylation is 1. The summed E-state index contributed by atoms with van der Waals surface area (Å²) in [5.41, 5.74) is 3.59. The largest absolute Gasteiger partial charge is 0.489 e. The van der Waals surface area contributed by atoms with E-state index in [-0.39, 0.29) is 12.1 Å². The second-order valence-corrected chi connectivity index (χ2v) is 5.44. The average molecular weight is 269 g/mol. The lowest BCUT2D eigenvalue weighted by molar-refractivity contribution is 0.243. The van der Waals surface area contributed by atoms with Crippen molar-refractivity contribution in [1.82, 2.24) is 0 Å². The molecule has 2 nitrogen and oxygen atoms in total. The smallest absolute Gasteiger partial charge is 0.142 e. The van der Waals surface area contributed by atoms with Gasteiger partial charge in [0.15, 0.2) is 0 Å². The van der Waals surface area contributed by atoms with Crippen molar-refractivity contribution in [2.45, 2.75) is 39.8 Å². The molecule has 0 aliphatic heterocycles. The van der Waals surface area contributed by atoms with Crippen molar-refractivity contribution in [2.75, 3.05) is 5.32 Å². The third-order valence-corrected chi connectivity index (χ3v) is 3.20. The molecule has 1 unspecified atom stereocenters. The Hall–Kier alpha value is -1.96. The number of rotatable bonds is 5. The molecule has 0 radical (unpaired) electrons. The van der Waals surface area contributed by atoms with Crippen LogP contribution in [0.5, 0.6) is 5.75 Å². The van der Waals surface area contributed by atoms with E-state index in [2.05, 4.69) is 49.5 Å². The van der Waals surface area contributed by atoms with Crippen molar-refractivity contribution in [3.8, 4) is 5.75 Å². The van der Waals surface area contributed by atoms with Crippen LogP contribution in [0, 0.1) is 6.92 Å². The van der Waals surface area contributed by atoms with Crippen LogP contribution < -0.4 is 10.1 Å². The first-order chi connectivity index (χ1) is 9.56. The van der Waals surface area contributed by atoms with Crippen molar-refractivity contribution in [3.63, 3.8) is 0 Å². The zero-order valence-electron chi connectivity index (χ0n) is 12.7. The molecule has 0 spiro atoms. The van der Waals surface area contributed by atoms with Crippen molar-refractivity contribution in [3.05, 3.63) is 59.7 Å². The second kappa shape index (κ2) is 6.47. The van der Waals surface area contributed by atoms with Gasteiger partial charge in [0.25, 0.3) is 0 Å². The van der Waals surface area contributed by atoms with Gasteiger partial charge in [0.05, 0.1) is 11.8 Å². The molecule has 0 amide bonds. The Morgan fingerprint density at radius 2 is 1.55 bits per heavy atom. The van der Waals surface area contributed by atoms with E-state index in [1.807, 2.05) is 32.0 Å². The number of anilines is 1. The highest BCUT2D eigenvalue weighted by Crippen LogP contribution is 2.28. The fourth-order valence-electron chi connectivity index (χ4n) is 2.11. The molecule has 0 aliphatic rings. The van der Waals surface area contributed by atoms with Crippen LogP contribution in [0.1, 0.15) is 37.9 Å². The summed E-state index contributed by atoms with van der Waals surface area (Å²) in [6.07, 6.45) is 0.174. The lowest BCUT2D eigenvalue weighted by Gasteiger charge is -2.20. The summed E-state index contributed by atoms with van der Waals surface area (Å²) in [5, 5.41) is 3.53. The van der Waals surface area contributed by atoms with Gasteiger partial charge in [0, 0.05) is 6.04 Å². The van der Waals surface area contributed by atoms with Crippen molar-refractivity contribution in [1.29, 1.82) is 0 Å². The molecule has 0 bridgehead atoms. The highest BCUT2D eigenvalue weighted by atomic mass is 16.5. The molecule has 0 heterocycles. The molecule has 1 atom stereocenters. The molecule has 0 aromatic heterocycles. The Bertz CT molecular complexity index is 546. The molecule has 0 aliphatic carbocycles. The first-order valence-corrected chi connectivity index (χ1v) is 7.15. The van der Waals surface area contributed by atoms with Gasteiger partial charge in [-0.15, -0.1) is 0 Å². The van der Waals surface area contributed by atoms with E-state index in [1.165, 1.54) is 11.1 Å². The number of para-hydroxylation sites is 2. The molecular formula is C18H23NO. The summed E-state index contributed by atoms with van der Waals surface area (Å²) in [6.45, 7) is 8.35. The molecule has 106 valence electrons. The van der Waals surface area contributed by atoms with Gasteiger partial charge >= 0.3 is 0 Å². The number of ether oxygens (including phenoxy) is 1. The minimum Gasteiger partial charge on any atom is -0.489 e. The Labute approximate surface area is 121 Å². The monoisotopic (exact) mass is 269 g/mol. The summed E-state index contributed by atoms with van der Waals surface area (Å²) in [5.74, 6) is 0.904. The normalized spacial score (nSPS) is 12.2. The molecular weight excluding hydrogens is 246 g/mol. The molecule has 2 aromatic rings. The molecule has 0 saturated heterocycles. The van der Waals surface area contributed by atoms with Gasteiger partial charge in [-0.2, -0.15) is 0 Å². The molecule has 1 N–H and O–H groups in total. The molecule has 2 heteroatoms. The molecule has 0 saturated carbocycles. The fraction of sp³-hybridized carbons (Fsp3) is 0.333. The summed E-state index contributed by atoms with van der Waals surface area (Å²) >= 11 is 0. The zero-order chi connectivity index (χ0) is 14.5. The van der Waals surface area contributed by atoms with Crippen molar-refractivity contribution < 1.29 is 4.74 Å². The number of hydrogen-bond acceptors (Lipinski definition) is 2. The number of nitrogens with one attached hydrogen (secondary N) is 1. The van der Waals surface area contributed by atoms with E-state index in [4.69, 9.17) is 4.74 Å². The molecule has 20 heavy (non-hydrogen) atoms. The van der Waals surface area contributed by atoms with Gasteiger partial charge < -0.3 is 10.1 Å². The second-order valence-electron chi connectivity index (χ2n) is 5.44. The maximum absolute atomic E-state index is 5.84. The zero-order valence-corrected chi connectivity index (χ0v) is 12.7. The first kappa shape index (κ1) is 14.4. The Kier molecular flexibility index (Phi) is 4.67. The van der Waals surface area contributed by atoms with Crippen LogP contribution in [0.15, 0.2) is 48.5 Å². The van der Waals surface area contributed by atoms with E-state index in [9.17, 15) is 0 Å². The van der Waals surface area contributed by atoms with Gasteiger partial charge in [0.1, 0.15) is 5.75 Å². The summed E-state index contributed by atoms with van der Waals surface area (Å²) in [7, 11) is 0. The molecule has 2 rings (SSSR count). The van der Waals surface area contributed by atoms with Crippen LogP contribution in [0.25, 0.3) is 0 Å². The average Bonchev–Trinajstić information content (AvgIpc) is 2.41. The maximum atomic E-state index is 5.84. The topological polar surface area (TPSA) is 21.3 Å². The highest BCUT2D eigenvalue weighted by molar-refractivity contribution is 5.57. The lowest BCUT2D eigenvalue weighted by Crippen LogP contribution is -2.11. The maximum Gasteiger partial charge on any atom is 0.142 e. The van der Waals surface area contributed by atoms with Crippen LogP contribution in [0.2, 0.25) is 0 Å². The van der Waals surface area contributed by atoms with Gasteiger partial charge in [-0.05, 0) is 45.4 Å². The third-order valence-electron chi connectivity index (χ3n) is 3.20. The molecule has 0 fully saturated rings. The van der Waals surface area contributed by atoms with E-state index in [0.717, 1.165) is 11.4 Å². The van der Waals surface area contributed by atoms with E-state index < -0.39 is 0 Å². The van der Waals surface area contributed by atoms with Gasteiger partial charge in [-0.3, -0.25) is 0 Å². The number of hydrogen-bond donors (Lipinski definition) is 1. The van der Waals surface area contributed by atoms with Gasteiger partial charge in [-0.1, -0.05) is 42.0 Å². The summed E-state index contributed by atoms with van der Waals surface area (Å²) in [6, 6.07) is 16.9. The van der Waals surface area contributed by atoms with E-state index in [0.29, 0.717) is 0 Å².